The van der Waals surface area contributed by atoms with Gasteiger partial charge in [-0.1, -0.05) is 110 Å². The SMILES string of the molecule is C=C1/C(=C\C=C/C)C2(c3ccccc31)c1ccccc1-c1c2ccc(-c2ccccc2C)c1C. The molecule has 1 unspecified atom stereocenters. The average Bonchev–Trinajstić information content (AvgIpc) is 3.30. The molecule has 6 rings (SSSR count). The second kappa shape index (κ2) is 7.57. The largest absolute Gasteiger partial charge is 0.0908 e. The van der Waals surface area contributed by atoms with Crippen molar-refractivity contribution < 1.29 is 0 Å². The molecular weight excluding hydrogens is 408 g/mol. The van der Waals surface area contributed by atoms with Crippen LogP contribution in [0.2, 0.25) is 0 Å². The van der Waals surface area contributed by atoms with Crippen molar-refractivity contribution in [3.05, 3.63) is 149 Å². The molecule has 34 heavy (non-hydrogen) atoms. The first-order chi connectivity index (χ1) is 16.6. The third-order valence-electron chi connectivity index (χ3n) is 7.75. The van der Waals surface area contributed by atoms with Crippen LogP contribution in [0.25, 0.3) is 27.8 Å². The Balaban J connectivity index is 1.76. The lowest BCUT2D eigenvalue weighted by Crippen LogP contribution is -2.26. The molecule has 0 aliphatic heterocycles. The molecule has 0 heterocycles. The van der Waals surface area contributed by atoms with E-state index in [1.807, 2.05) is 0 Å². The minimum absolute atomic E-state index is 0.339. The first kappa shape index (κ1) is 20.7. The topological polar surface area (TPSA) is 0 Å². The summed E-state index contributed by atoms with van der Waals surface area (Å²) in [5.41, 5.74) is 15.3. The molecule has 0 amide bonds. The van der Waals surface area contributed by atoms with E-state index >= 15 is 0 Å². The van der Waals surface area contributed by atoms with Crippen LogP contribution in [0.15, 0.2) is 115 Å². The van der Waals surface area contributed by atoms with Crippen LogP contribution in [0, 0.1) is 13.8 Å². The van der Waals surface area contributed by atoms with Crippen LogP contribution in [0.3, 0.4) is 0 Å². The molecule has 4 aromatic carbocycles. The zero-order chi connectivity index (χ0) is 23.4. The van der Waals surface area contributed by atoms with Gasteiger partial charge in [-0.2, -0.15) is 0 Å². The zero-order valence-electron chi connectivity index (χ0n) is 20.0. The van der Waals surface area contributed by atoms with E-state index in [2.05, 4.69) is 131 Å². The highest BCUT2D eigenvalue weighted by atomic mass is 14.5. The third kappa shape index (κ3) is 2.54. The van der Waals surface area contributed by atoms with Gasteiger partial charge in [0.05, 0.1) is 5.41 Å². The number of aryl methyl sites for hydroxylation is 1. The highest BCUT2D eigenvalue weighted by Gasteiger charge is 2.53. The monoisotopic (exact) mass is 436 g/mol. The van der Waals surface area contributed by atoms with Crippen molar-refractivity contribution in [1.29, 1.82) is 0 Å². The summed E-state index contributed by atoms with van der Waals surface area (Å²) < 4.78 is 0. The lowest BCUT2D eigenvalue weighted by atomic mass is 9.70. The first-order valence-corrected chi connectivity index (χ1v) is 12.0. The van der Waals surface area contributed by atoms with Crippen LogP contribution in [0.5, 0.6) is 0 Å². The molecule has 0 saturated carbocycles. The van der Waals surface area contributed by atoms with E-state index in [1.54, 1.807) is 0 Å². The first-order valence-electron chi connectivity index (χ1n) is 12.0. The average molecular weight is 437 g/mol. The van der Waals surface area contributed by atoms with E-state index in [0.717, 1.165) is 5.57 Å². The van der Waals surface area contributed by atoms with E-state index in [4.69, 9.17) is 0 Å². The van der Waals surface area contributed by atoms with Crippen molar-refractivity contribution >= 4 is 5.57 Å². The fourth-order valence-electron chi connectivity index (χ4n) is 6.30. The van der Waals surface area contributed by atoms with Gasteiger partial charge in [0.2, 0.25) is 0 Å². The third-order valence-corrected chi connectivity index (χ3v) is 7.75. The molecule has 164 valence electrons. The van der Waals surface area contributed by atoms with Gasteiger partial charge in [-0.25, -0.2) is 0 Å². The predicted molar refractivity (Wildman–Crippen MR) is 145 cm³/mol. The number of hydrogen-bond donors (Lipinski definition) is 0. The van der Waals surface area contributed by atoms with Crippen molar-refractivity contribution in [2.45, 2.75) is 26.2 Å². The normalized spacial score (nSPS) is 19.1. The number of hydrogen-bond acceptors (Lipinski definition) is 0. The van der Waals surface area contributed by atoms with Crippen LogP contribution in [-0.4, -0.2) is 0 Å². The Hall–Kier alpha value is -3.90. The van der Waals surface area contributed by atoms with Gasteiger partial charge in [-0.05, 0) is 87.6 Å². The maximum absolute atomic E-state index is 4.59. The van der Waals surface area contributed by atoms with Crippen LogP contribution < -0.4 is 0 Å². The Morgan fingerprint density at radius 1 is 0.647 bits per heavy atom. The molecule has 1 atom stereocenters. The Morgan fingerprint density at radius 3 is 1.97 bits per heavy atom. The Kier molecular flexibility index (Phi) is 4.61. The maximum Gasteiger partial charge on any atom is 0.0725 e. The van der Waals surface area contributed by atoms with E-state index in [-0.39, 0.29) is 5.41 Å². The molecule has 0 saturated heterocycles. The second-order valence-electron chi connectivity index (χ2n) is 9.40. The van der Waals surface area contributed by atoms with Crippen LogP contribution >= 0.6 is 0 Å². The minimum atomic E-state index is -0.339. The van der Waals surface area contributed by atoms with Gasteiger partial charge in [0.25, 0.3) is 0 Å². The van der Waals surface area contributed by atoms with Gasteiger partial charge in [0.1, 0.15) is 0 Å². The standard InChI is InChI=1S/C34H28/c1-5-6-17-29-23(3)27-15-9-11-18-30(27)34(29)31-19-12-10-16-28(31)33-24(4)26(20-21-32(33)34)25-14-8-7-13-22(25)2/h5-21H,3H2,1-2,4H3/b6-5-,29-17+. The summed E-state index contributed by atoms with van der Waals surface area (Å²) >= 11 is 0. The summed E-state index contributed by atoms with van der Waals surface area (Å²) in [5.74, 6) is 0. The summed E-state index contributed by atoms with van der Waals surface area (Å²) in [6.07, 6.45) is 6.54. The molecule has 0 nitrogen and oxygen atoms in total. The molecule has 2 aliphatic rings. The fourth-order valence-corrected chi connectivity index (χ4v) is 6.30. The quantitative estimate of drug-likeness (QED) is 0.294. The molecule has 0 fully saturated rings. The van der Waals surface area contributed by atoms with Crippen molar-refractivity contribution in [1.82, 2.24) is 0 Å². The molecule has 0 radical (unpaired) electrons. The van der Waals surface area contributed by atoms with Crippen molar-refractivity contribution in [2.24, 2.45) is 0 Å². The van der Waals surface area contributed by atoms with Crippen LogP contribution in [0.4, 0.5) is 0 Å². The molecule has 2 aliphatic carbocycles. The smallest absolute Gasteiger partial charge is 0.0725 e. The maximum atomic E-state index is 4.59. The zero-order valence-corrected chi connectivity index (χ0v) is 20.0. The summed E-state index contributed by atoms with van der Waals surface area (Å²) in [6.45, 7) is 11.2. The molecule has 1 spiro atoms. The van der Waals surface area contributed by atoms with Crippen LogP contribution in [0.1, 0.15) is 40.3 Å². The van der Waals surface area contributed by atoms with Gasteiger partial charge in [0.15, 0.2) is 0 Å². The van der Waals surface area contributed by atoms with Gasteiger partial charge in [-0.3, -0.25) is 0 Å². The van der Waals surface area contributed by atoms with E-state index in [9.17, 15) is 0 Å². The number of benzene rings is 4. The highest BCUT2D eigenvalue weighted by molar-refractivity contribution is 6.01. The number of allylic oxidation sites excluding steroid dienone is 5. The van der Waals surface area contributed by atoms with Crippen molar-refractivity contribution in [2.75, 3.05) is 0 Å². The van der Waals surface area contributed by atoms with Gasteiger partial charge < -0.3 is 0 Å². The van der Waals surface area contributed by atoms with E-state index < -0.39 is 0 Å². The van der Waals surface area contributed by atoms with Crippen molar-refractivity contribution in [3.8, 4) is 22.3 Å². The van der Waals surface area contributed by atoms with E-state index in [0.29, 0.717) is 0 Å². The summed E-state index contributed by atoms with van der Waals surface area (Å²) in [7, 11) is 0. The highest BCUT2D eigenvalue weighted by Crippen LogP contribution is 2.64. The Labute approximate surface area is 202 Å². The summed E-state index contributed by atoms with van der Waals surface area (Å²) in [6, 6.07) is 31.2. The lowest BCUT2D eigenvalue weighted by molar-refractivity contribution is 0.794. The van der Waals surface area contributed by atoms with Gasteiger partial charge >= 0.3 is 0 Å². The molecule has 4 aromatic rings. The van der Waals surface area contributed by atoms with E-state index in [1.165, 1.54) is 61.2 Å². The molecule has 0 aromatic heterocycles. The van der Waals surface area contributed by atoms with Gasteiger partial charge in [-0.15, -0.1) is 0 Å². The molecule has 0 N–H and O–H groups in total. The lowest BCUT2D eigenvalue weighted by Gasteiger charge is -2.31. The van der Waals surface area contributed by atoms with Crippen LogP contribution in [-0.2, 0) is 5.41 Å². The fraction of sp³-hybridized carbons (Fsp3) is 0.118. The van der Waals surface area contributed by atoms with Crippen molar-refractivity contribution in [3.63, 3.8) is 0 Å². The number of fused-ring (bicyclic) bond motifs is 7. The second-order valence-corrected chi connectivity index (χ2v) is 9.40. The number of rotatable bonds is 2. The Bertz CT molecular complexity index is 1540. The molecule has 0 bridgehead atoms. The van der Waals surface area contributed by atoms with Gasteiger partial charge in [0, 0.05) is 0 Å². The Morgan fingerprint density at radius 2 is 1.26 bits per heavy atom. The molecule has 0 heteroatoms. The summed E-state index contributed by atoms with van der Waals surface area (Å²) in [4.78, 5) is 0. The predicted octanol–water partition coefficient (Wildman–Crippen LogP) is 8.81. The molecular formula is C34H28. The summed E-state index contributed by atoms with van der Waals surface area (Å²) in [5, 5.41) is 0. The minimum Gasteiger partial charge on any atom is -0.0908 e.